The van der Waals surface area contributed by atoms with Gasteiger partial charge in [-0.1, -0.05) is 18.2 Å². The van der Waals surface area contributed by atoms with E-state index in [4.69, 9.17) is 4.74 Å². The van der Waals surface area contributed by atoms with Crippen LogP contribution in [0.3, 0.4) is 0 Å². The Labute approximate surface area is 119 Å². The molecule has 0 bridgehead atoms. The van der Waals surface area contributed by atoms with Gasteiger partial charge in [0.15, 0.2) is 0 Å². The molecule has 0 N–H and O–H groups in total. The van der Waals surface area contributed by atoms with Crippen LogP contribution in [0.2, 0.25) is 0 Å². The number of para-hydroxylation sites is 1. The van der Waals surface area contributed by atoms with Gasteiger partial charge in [0, 0.05) is 23.9 Å². The average Bonchev–Trinajstić information content (AvgIpc) is 2.46. The summed E-state index contributed by atoms with van der Waals surface area (Å²) in [6, 6.07) is 10.3. The van der Waals surface area contributed by atoms with Crippen LogP contribution < -0.4 is 0 Å². The number of hydrogen-bond donors (Lipinski definition) is 0. The van der Waals surface area contributed by atoms with Gasteiger partial charge in [0.25, 0.3) is 0 Å². The van der Waals surface area contributed by atoms with E-state index in [9.17, 15) is 4.79 Å². The van der Waals surface area contributed by atoms with E-state index < -0.39 is 0 Å². The molecule has 0 spiro atoms. The van der Waals surface area contributed by atoms with E-state index in [-0.39, 0.29) is 6.10 Å². The largest absolute Gasteiger partial charge is 0.373 e. The minimum atomic E-state index is 0.222. The van der Waals surface area contributed by atoms with Crippen molar-refractivity contribution in [2.45, 2.75) is 45.3 Å². The van der Waals surface area contributed by atoms with Crippen molar-refractivity contribution in [3.8, 4) is 0 Å². The first-order valence-electron chi connectivity index (χ1n) is 7.21. The number of hydrogen-bond acceptors (Lipinski definition) is 3. The molecule has 20 heavy (non-hydrogen) atoms. The maximum absolute atomic E-state index is 11.2. The van der Waals surface area contributed by atoms with Crippen LogP contribution in [0.5, 0.6) is 0 Å². The summed E-state index contributed by atoms with van der Waals surface area (Å²) >= 11 is 0. The van der Waals surface area contributed by atoms with Crippen molar-refractivity contribution >= 4 is 16.7 Å². The summed E-state index contributed by atoms with van der Waals surface area (Å²) in [4.78, 5) is 15.8. The Bertz CT molecular complexity index is 626. The highest BCUT2D eigenvalue weighted by Gasteiger charge is 2.19. The molecule has 0 unspecified atom stereocenters. The number of carbonyl (C=O) groups excluding carboxylic acids is 1. The minimum Gasteiger partial charge on any atom is -0.373 e. The lowest BCUT2D eigenvalue weighted by Gasteiger charge is -2.21. The summed E-state index contributed by atoms with van der Waals surface area (Å²) in [7, 11) is 0. The third-order valence-corrected chi connectivity index (χ3v) is 3.89. The zero-order valence-corrected chi connectivity index (χ0v) is 11.8. The molecule has 0 saturated heterocycles. The number of ether oxygens (including phenoxy) is 1. The fourth-order valence-corrected chi connectivity index (χ4v) is 2.80. The Kier molecular flexibility index (Phi) is 3.79. The monoisotopic (exact) mass is 269 g/mol. The molecular weight excluding hydrogens is 250 g/mol. The smallest absolute Gasteiger partial charge is 0.133 e. The van der Waals surface area contributed by atoms with Crippen LogP contribution in [0, 0.1) is 6.92 Å². The Hall–Kier alpha value is -1.74. The molecule has 1 aromatic carbocycles. The van der Waals surface area contributed by atoms with E-state index in [0.717, 1.165) is 29.4 Å². The molecule has 1 heterocycles. The first-order chi connectivity index (χ1) is 9.72. The van der Waals surface area contributed by atoms with E-state index in [2.05, 4.69) is 17.1 Å². The van der Waals surface area contributed by atoms with Gasteiger partial charge in [0.05, 0.1) is 18.2 Å². The zero-order chi connectivity index (χ0) is 13.9. The predicted octanol–water partition coefficient (Wildman–Crippen LogP) is 3.57. The maximum Gasteiger partial charge on any atom is 0.133 e. The highest BCUT2D eigenvalue weighted by molar-refractivity contribution is 5.82. The molecule has 3 nitrogen and oxygen atoms in total. The molecule has 0 radical (unpaired) electrons. The molecule has 0 atom stereocenters. The van der Waals surface area contributed by atoms with Gasteiger partial charge < -0.3 is 4.74 Å². The average molecular weight is 269 g/mol. The zero-order valence-electron chi connectivity index (χ0n) is 11.8. The lowest BCUT2D eigenvalue weighted by molar-refractivity contribution is -0.123. The van der Waals surface area contributed by atoms with Gasteiger partial charge in [-0.15, -0.1) is 0 Å². The molecule has 2 aromatic rings. The van der Waals surface area contributed by atoms with Gasteiger partial charge in [-0.3, -0.25) is 9.78 Å². The summed E-state index contributed by atoms with van der Waals surface area (Å²) in [6.45, 7) is 2.61. The van der Waals surface area contributed by atoms with E-state index in [1.54, 1.807) is 0 Å². The molecule has 0 amide bonds. The Balaban J connectivity index is 1.75. The van der Waals surface area contributed by atoms with Crippen molar-refractivity contribution in [3.63, 3.8) is 0 Å². The van der Waals surface area contributed by atoms with Crippen LogP contribution in [0.25, 0.3) is 10.9 Å². The molecule has 104 valence electrons. The van der Waals surface area contributed by atoms with Gasteiger partial charge in [-0.25, -0.2) is 0 Å². The van der Waals surface area contributed by atoms with Crippen LogP contribution in [-0.2, 0) is 16.1 Å². The van der Waals surface area contributed by atoms with E-state index in [1.807, 2.05) is 25.1 Å². The first kappa shape index (κ1) is 13.3. The van der Waals surface area contributed by atoms with Crippen LogP contribution >= 0.6 is 0 Å². The fourth-order valence-electron chi connectivity index (χ4n) is 2.80. The van der Waals surface area contributed by atoms with Crippen molar-refractivity contribution in [3.05, 3.63) is 41.6 Å². The number of ketones is 1. The Morgan fingerprint density at radius 3 is 2.80 bits per heavy atom. The van der Waals surface area contributed by atoms with Crippen LogP contribution in [-0.4, -0.2) is 16.9 Å². The van der Waals surface area contributed by atoms with E-state index in [0.29, 0.717) is 25.2 Å². The molecule has 3 heteroatoms. The molecule has 1 fully saturated rings. The SMILES string of the molecule is Cc1cc(COC2CCC(=O)CC2)c2ccccc2n1. The summed E-state index contributed by atoms with van der Waals surface area (Å²) < 4.78 is 6.00. The van der Waals surface area contributed by atoms with Crippen LogP contribution in [0.1, 0.15) is 36.9 Å². The number of aromatic nitrogens is 1. The topological polar surface area (TPSA) is 39.2 Å². The first-order valence-corrected chi connectivity index (χ1v) is 7.21. The second kappa shape index (κ2) is 5.71. The van der Waals surface area contributed by atoms with Crippen molar-refractivity contribution in [2.24, 2.45) is 0 Å². The number of aryl methyl sites for hydroxylation is 1. The lowest BCUT2D eigenvalue weighted by atomic mass is 9.96. The third-order valence-electron chi connectivity index (χ3n) is 3.89. The molecule has 0 aliphatic heterocycles. The van der Waals surface area contributed by atoms with Crippen molar-refractivity contribution < 1.29 is 9.53 Å². The maximum atomic E-state index is 11.2. The Morgan fingerprint density at radius 1 is 1.25 bits per heavy atom. The molecular formula is C17H19NO2. The fraction of sp³-hybridized carbons (Fsp3) is 0.412. The second-order valence-corrected chi connectivity index (χ2v) is 5.49. The molecule has 3 rings (SSSR count). The summed E-state index contributed by atoms with van der Waals surface area (Å²) in [6.07, 6.45) is 3.28. The summed E-state index contributed by atoms with van der Waals surface area (Å²) in [5.74, 6) is 0.370. The van der Waals surface area contributed by atoms with Gasteiger partial charge >= 0.3 is 0 Å². The molecule has 1 aliphatic carbocycles. The van der Waals surface area contributed by atoms with Crippen molar-refractivity contribution in [2.75, 3.05) is 0 Å². The molecule has 1 aliphatic rings. The highest BCUT2D eigenvalue weighted by Crippen LogP contribution is 2.23. The summed E-state index contributed by atoms with van der Waals surface area (Å²) in [5.41, 5.74) is 3.22. The normalized spacial score (nSPS) is 16.8. The number of Topliss-reactive ketones (excluding diaryl/α,β-unsaturated/α-hetero) is 1. The Morgan fingerprint density at radius 2 is 2.00 bits per heavy atom. The number of fused-ring (bicyclic) bond motifs is 1. The van der Waals surface area contributed by atoms with Crippen LogP contribution in [0.4, 0.5) is 0 Å². The van der Waals surface area contributed by atoms with Gasteiger partial charge in [-0.05, 0) is 37.5 Å². The third kappa shape index (κ3) is 2.88. The van der Waals surface area contributed by atoms with E-state index >= 15 is 0 Å². The highest BCUT2D eigenvalue weighted by atomic mass is 16.5. The number of carbonyl (C=O) groups is 1. The van der Waals surface area contributed by atoms with Crippen molar-refractivity contribution in [1.29, 1.82) is 0 Å². The second-order valence-electron chi connectivity index (χ2n) is 5.49. The van der Waals surface area contributed by atoms with E-state index in [1.165, 1.54) is 5.56 Å². The number of nitrogens with zero attached hydrogens (tertiary/aromatic N) is 1. The standard InChI is InChI=1S/C17H19NO2/c1-12-10-13(16-4-2-3-5-17(16)18-12)11-20-15-8-6-14(19)7-9-15/h2-5,10,15H,6-9,11H2,1H3. The lowest BCUT2D eigenvalue weighted by Crippen LogP contribution is -2.21. The van der Waals surface area contributed by atoms with Crippen LogP contribution in [0.15, 0.2) is 30.3 Å². The predicted molar refractivity (Wildman–Crippen MR) is 78.5 cm³/mol. The summed E-state index contributed by atoms with van der Waals surface area (Å²) in [5, 5.41) is 1.16. The van der Waals surface area contributed by atoms with Gasteiger partial charge in [0.1, 0.15) is 5.78 Å². The number of pyridine rings is 1. The van der Waals surface area contributed by atoms with Crippen molar-refractivity contribution in [1.82, 2.24) is 4.98 Å². The van der Waals surface area contributed by atoms with Gasteiger partial charge in [-0.2, -0.15) is 0 Å². The number of rotatable bonds is 3. The number of benzene rings is 1. The molecule has 1 aromatic heterocycles. The quantitative estimate of drug-likeness (QED) is 0.855. The van der Waals surface area contributed by atoms with Gasteiger partial charge in [0.2, 0.25) is 0 Å². The minimum absolute atomic E-state index is 0.222. The molecule has 1 saturated carbocycles.